The summed E-state index contributed by atoms with van der Waals surface area (Å²) in [6.07, 6.45) is 3.94. The van der Waals surface area contributed by atoms with Crippen molar-refractivity contribution in [1.29, 1.82) is 0 Å². The van der Waals surface area contributed by atoms with Crippen LogP contribution in [0.25, 0.3) is 0 Å². The van der Waals surface area contributed by atoms with Crippen molar-refractivity contribution in [2.24, 2.45) is 0 Å². The third-order valence-corrected chi connectivity index (χ3v) is 5.55. The van der Waals surface area contributed by atoms with Gasteiger partial charge in [-0.25, -0.2) is 0 Å². The van der Waals surface area contributed by atoms with E-state index in [-0.39, 0.29) is 0 Å². The number of para-hydroxylation sites is 1. The van der Waals surface area contributed by atoms with Crippen LogP contribution in [0.2, 0.25) is 0 Å². The van der Waals surface area contributed by atoms with Crippen LogP contribution in [0.4, 0.5) is 17.1 Å². The van der Waals surface area contributed by atoms with Crippen molar-refractivity contribution in [3.8, 4) is 5.75 Å². The molecule has 2 aromatic carbocycles. The number of hydrogen-bond acceptors (Lipinski definition) is 6. The summed E-state index contributed by atoms with van der Waals surface area (Å²) in [5.41, 5.74) is 11.6. The monoisotopic (exact) mass is 438 g/mol. The number of aryl methyl sites for hydroxylation is 1. The molecule has 6 heteroatoms. The fraction of sp³-hybridized carbons (Fsp3) is 0.385. The molecular formula is C26H38N4O2. The predicted molar refractivity (Wildman–Crippen MR) is 136 cm³/mol. The molecule has 1 unspecified atom stereocenters. The van der Waals surface area contributed by atoms with E-state index in [1.807, 2.05) is 62.2 Å². The Kier molecular flexibility index (Phi) is 9.62. The van der Waals surface area contributed by atoms with Crippen LogP contribution < -0.4 is 20.7 Å². The molecule has 174 valence electrons. The van der Waals surface area contributed by atoms with Crippen LogP contribution in [0, 0.1) is 6.92 Å². The molecule has 0 aliphatic carbocycles. The Morgan fingerprint density at radius 1 is 1.31 bits per heavy atom. The van der Waals surface area contributed by atoms with E-state index in [2.05, 4.69) is 29.8 Å². The second-order valence-electron chi connectivity index (χ2n) is 7.92. The van der Waals surface area contributed by atoms with Crippen LogP contribution in [-0.2, 0) is 0 Å². The SMILES string of the molecule is C=C/C=C(/C)N(C)c1c(NCCCN(CC)C(O)c2cc(C)cc(N)c2)cccc1OC. The zero-order valence-corrected chi connectivity index (χ0v) is 20.1. The van der Waals surface area contributed by atoms with Gasteiger partial charge in [-0.05, 0) is 68.3 Å². The summed E-state index contributed by atoms with van der Waals surface area (Å²) in [5.74, 6) is 0.803. The summed E-state index contributed by atoms with van der Waals surface area (Å²) in [7, 11) is 3.70. The third-order valence-electron chi connectivity index (χ3n) is 5.55. The molecule has 0 bridgehead atoms. The number of aliphatic hydroxyl groups excluding tert-OH is 1. The van der Waals surface area contributed by atoms with Gasteiger partial charge in [0.15, 0.2) is 0 Å². The lowest BCUT2D eigenvalue weighted by Crippen LogP contribution is -2.30. The van der Waals surface area contributed by atoms with E-state index in [9.17, 15) is 5.11 Å². The minimum Gasteiger partial charge on any atom is -0.494 e. The number of ether oxygens (including phenoxy) is 1. The number of methoxy groups -OCH3 is 1. The average molecular weight is 439 g/mol. The molecule has 0 saturated heterocycles. The van der Waals surface area contributed by atoms with Gasteiger partial charge in [0.25, 0.3) is 0 Å². The highest BCUT2D eigenvalue weighted by Gasteiger charge is 2.17. The lowest BCUT2D eigenvalue weighted by Gasteiger charge is -2.28. The summed E-state index contributed by atoms with van der Waals surface area (Å²) in [6.45, 7) is 12.1. The molecule has 0 aliphatic rings. The Balaban J connectivity index is 2.06. The highest BCUT2D eigenvalue weighted by molar-refractivity contribution is 5.78. The van der Waals surface area contributed by atoms with E-state index in [0.29, 0.717) is 5.69 Å². The number of rotatable bonds is 12. The molecule has 2 rings (SSSR count). The molecule has 0 saturated carbocycles. The minimum atomic E-state index is -0.674. The standard InChI is InChI=1S/C26H38N4O2/c1-7-11-20(4)29(5)25-23(12-9-13-24(25)32-6)28-14-10-15-30(8-2)26(31)21-16-19(3)17-22(27)18-21/h7,9,11-13,16-18,26,28,31H,1,8,10,14-15,27H2,2-6H3/b20-11-. The zero-order chi connectivity index (χ0) is 23.7. The molecule has 0 heterocycles. The van der Waals surface area contributed by atoms with E-state index in [4.69, 9.17) is 10.5 Å². The second kappa shape index (κ2) is 12.2. The number of allylic oxidation sites excluding steroid dienone is 3. The Morgan fingerprint density at radius 2 is 2.06 bits per heavy atom. The first-order valence-electron chi connectivity index (χ1n) is 11.0. The Hall–Kier alpha value is -2.96. The molecule has 32 heavy (non-hydrogen) atoms. The maximum Gasteiger partial charge on any atom is 0.144 e. The molecule has 0 spiro atoms. The van der Waals surface area contributed by atoms with Crippen molar-refractivity contribution in [2.45, 2.75) is 33.4 Å². The molecular weight excluding hydrogens is 400 g/mol. The number of nitrogen functional groups attached to an aromatic ring is 1. The predicted octanol–water partition coefficient (Wildman–Crippen LogP) is 4.93. The fourth-order valence-electron chi connectivity index (χ4n) is 3.80. The first-order chi connectivity index (χ1) is 15.3. The number of aliphatic hydroxyl groups is 1. The van der Waals surface area contributed by atoms with Crippen LogP contribution in [0.3, 0.4) is 0 Å². The van der Waals surface area contributed by atoms with Gasteiger partial charge in [0.1, 0.15) is 17.7 Å². The van der Waals surface area contributed by atoms with Gasteiger partial charge in [-0.3, -0.25) is 4.90 Å². The van der Waals surface area contributed by atoms with E-state index in [1.165, 1.54) is 0 Å². The summed E-state index contributed by atoms with van der Waals surface area (Å²) < 4.78 is 5.61. The van der Waals surface area contributed by atoms with Crippen LogP contribution >= 0.6 is 0 Å². The molecule has 2 aromatic rings. The first kappa shape index (κ1) is 25.3. The van der Waals surface area contributed by atoms with Gasteiger partial charge in [0, 0.05) is 31.5 Å². The molecule has 6 nitrogen and oxygen atoms in total. The molecule has 0 radical (unpaired) electrons. The first-order valence-corrected chi connectivity index (χ1v) is 11.0. The quantitative estimate of drug-likeness (QED) is 0.189. The lowest BCUT2D eigenvalue weighted by atomic mass is 10.1. The van der Waals surface area contributed by atoms with Crippen molar-refractivity contribution in [2.75, 3.05) is 49.7 Å². The number of benzene rings is 2. The van der Waals surface area contributed by atoms with E-state index in [0.717, 1.165) is 60.0 Å². The molecule has 4 N–H and O–H groups in total. The zero-order valence-electron chi connectivity index (χ0n) is 20.1. The third kappa shape index (κ3) is 6.52. The number of hydrogen-bond donors (Lipinski definition) is 3. The highest BCUT2D eigenvalue weighted by Crippen LogP contribution is 2.37. The molecule has 1 atom stereocenters. The van der Waals surface area contributed by atoms with Gasteiger partial charge >= 0.3 is 0 Å². The minimum absolute atomic E-state index is 0.673. The van der Waals surface area contributed by atoms with Crippen molar-refractivity contribution >= 4 is 17.1 Å². The van der Waals surface area contributed by atoms with Gasteiger partial charge in [-0.2, -0.15) is 0 Å². The van der Waals surface area contributed by atoms with Gasteiger partial charge in [-0.15, -0.1) is 0 Å². The maximum atomic E-state index is 10.9. The Bertz CT molecular complexity index is 906. The van der Waals surface area contributed by atoms with Gasteiger partial charge < -0.3 is 25.8 Å². The van der Waals surface area contributed by atoms with E-state index >= 15 is 0 Å². The largest absolute Gasteiger partial charge is 0.494 e. The van der Waals surface area contributed by atoms with Crippen LogP contribution in [-0.4, -0.2) is 43.8 Å². The summed E-state index contributed by atoms with van der Waals surface area (Å²) in [4.78, 5) is 4.14. The molecule has 0 amide bonds. The van der Waals surface area contributed by atoms with Crippen molar-refractivity contribution in [3.05, 3.63) is 72.0 Å². The summed E-state index contributed by atoms with van der Waals surface area (Å²) in [6, 6.07) is 11.7. The van der Waals surface area contributed by atoms with Gasteiger partial charge in [-0.1, -0.05) is 31.7 Å². The van der Waals surface area contributed by atoms with Crippen LogP contribution in [0.1, 0.15) is 37.6 Å². The Morgan fingerprint density at radius 3 is 2.69 bits per heavy atom. The van der Waals surface area contributed by atoms with Crippen molar-refractivity contribution < 1.29 is 9.84 Å². The van der Waals surface area contributed by atoms with Crippen molar-refractivity contribution in [1.82, 2.24) is 4.90 Å². The van der Waals surface area contributed by atoms with Gasteiger partial charge in [0.05, 0.1) is 12.8 Å². The average Bonchev–Trinajstić information content (AvgIpc) is 2.77. The maximum absolute atomic E-state index is 10.9. The number of nitrogens with one attached hydrogen (secondary N) is 1. The number of nitrogens with two attached hydrogens (primary N) is 1. The number of anilines is 3. The Labute approximate surface area is 193 Å². The van der Waals surface area contributed by atoms with Crippen molar-refractivity contribution in [3.63, 3.8) is 0 Å². The highest BCUT2D eigenvalue weighted by atomic mass is 16.5. The summed E-state index contributed by atoms with van der Waals surface area (Å²) >= 11 is 0. The van der Waals surface area contributed by atoms with Crippen LogP contribution in [0.5, 0.6) is 5.75 Å². The summed E-state index contributed by atoms with van der Waals surface area (Å²) in [5, 5.41) is 14.4. The van der Waals surface area contributed by atoms with Gasteiger partial charge in [0.2, 0.25) is 0 Å². The van der Waals surface area contributed by atoms with E-state index in [1.54, 1.807) is 13.2 Å². The fourth-order valence-corrected chi connectivity index (χ4v) is 3.80. The second-order valence-corrected chi connectivity index (χ2v) is 7.92. The normalized spacial score (nSPS) is 12.5. The topological polar surface area (TPSA) is 74.0 Å². The molecule has 0 fully saturated rings. The lowest BCUT2D eigenvalue weighted by molar-refractivity contribution is 0.00513. The molecule has 0 aliphatic heterocycles. The van der Waals surface area contributed by atoms with Crippen LogP contribution in [0.15, 0.2) is 60.8 Å². The smallest absolute Gasteiger partial charge is 0.144 e. The van der Waals surface area contributed by atoms with E-state index < -0.39 is 6.23 Å². The number of nitrogens with zero attached hydrogens (tertiary/aromatic N) is 2. The molecule has 0 aromatic heterocycles.